The van der Waals surface area contributed by atoms with E-state index in [1.807, 2.05) is 35.7 Å². The molecule has 0 bridgehead atoms. The van der Waals surface area contributed by atoms with Gasteiger partial charge in [-0.25, -0.2) is 0 Å². The van der Waals surface area contributed by atoms with Crippen LogP contribution in [0, 0.1) is 6.92 Å². The Morgan fingerprint density at radius 2 is 2.12 bits per heavy atom. The van der Waals surface area contributed by atoms with Gasteiger partial charge in [-0.3, -0.25) is 9.38 Å². The molecule has 17 heavy (non-hydrogen) atoms. The number of hydrogen-bond acceptors (Lipinski definition) is 4. The van der Waals surface area contributed by atoms with Gasteiger partial charge in [0.05, 0.1) is 6.20 Å². The van der Waals surface area contributed by atoms with Gasteiger partial charge in [0.25, 0.3) is 0 Å². The number of nitrogen functional groups attached to an aromatic ring is 1. The number of rotatable bonds is 1. The summed E-state index contributed by atoms with van der Waals surface area (Å²) in [6, 6.07) is 5.80. The number of benzene rings is 1. The maximum Gasteiger partial charge on any atom is 0.179 e. The van der Waals surface area contributed by atoms with Crippen LogP contribution in [0.25, 0.3) is 17.0 Å². The largest absolute Gasteiger partial charge is 0.398 e. The van der Waals surface area contributed by atoms with Crippen LogP contribution >= 0.6 is 0 Å². The Bertz CT molecular complexity index is 666. The zero-order valence-electron chi connectivity index (χ0n) is 9.33. The molecule has 2 heterocycles. The molecule has 0 aliphatic heterocycles. The van der Waals surface area contributed by atoms with Gasteiger partial charge in [-0.2, -0.15) is 0 Å². The molecule has 0 amide bonds. The van der Waals surface area contributed by atoms with Crippen LogP contribution in [0.3, 0.4) is 0 Å². The van der Waals surface area contributed by atoms with Crippen LogP contribution in [-0.4, -0.2) is 19.6 Å². The Morgan fingerprint density at radius 1 is 1.24 bits per heavy atom. The highest BCUT2D eigenvalue weighted by atomic mass is 15.2. The third-order valence-electron chi connectivity index (χ3n) is 2.74. The molecule has 0 saturated heterocycles. The highest BCUT2D eigenvalue weighted by molar-refractivity contribution is 5.76. The Kier molecular flexibility index (Phi) is 2.04. The van der Waals surface area contributed by atoms with E-state index in [2.05, 4.69) is 15.2 Å². The fourth-order valence-electron chi connectivity index (χ4n) is 1.92. The maximum atomic E-state index is 6.01. The molecule has 0 saturated carbocycles. The van der Waals surface area contributed by atoms with E-state index in [9.17, 15) is 0 Å². The molecule has 2 aromatic heterocycles. The minimum Gasteiger partial charge on any atom is -0.398 e. The fraction of sp³-hybridized carbons (Fsp3) is 0.0833. The molecule has 84 valence electrons. The van der Waals surface area contributed by atoms with Crippen LogP contribution in [0.5, 0.6) is 0 Å². The second kappa shape index (κ2) is 3.55. The maximum absolute atomic E-state index is 6.01. The van der Waals surface area contributed by atoms with Crippen molar-refractivity contribution in [2.75, 3.05) is 5.73 Å². The molecule has 5 heteroatoms. The predicted molar refractivity (Wildman–Crippen MR) is 65.4 cm³/mol. The van der Waals surface area contributed by atoms with Crippen molar-refractivity contribution >= 4 is 11.3 Å². The molecular weight excluding hydrogens is 214 g/mol. The summed E-state index contributed by atoms with van der Waals surface area (Å²) in [4.78, 5) is 4.01. The van der Waals surface area contributed by atoms with E-state index in [4.69, 9.17) is 5.73 Å². The van der Waals surface area contributed by atoms with Crippen molar-refractivity contribution in [1.82, 2.24) is 19.6 Å². The Hall–Kier alpha value is -2.43. The lowest BCUT2D eigenvalue weighted by atomic mass is 10.1. The van der Waals surface area contributed by atoms with E-state index in [1.165, 1.54) is 0 Å². The summed E-state index contributed by atoms with van der Waals surface area (Å²) in [5, 5.41) is 8.25. The van der Waals surface area contributed by atoms with Gasteiger partial charge in [0.1, 0.15) is 0 Å². The number of aromatic nitrogens is 4. The predicted octanol–water partition coefficient (Wildman–Crippen LogP) is 1.68. The molecule has 0 fully saturated rings. The molecule has 0 unspecified atom stereocenters. The monoisotopic (exact) mass is 225 g/mol. The lowest BCUT2D eigenvalue weighted by molar-refractivity contribution is 1.11. The number of nitrogens with two attached hydrogens (primary N) is 1. The Labute approximate surface area is 97.9 Å². The number of aryl methyl sites for hydroxylation is 1. The van der Waals surface area contributed by atoms with Crippen molar-refractivity contribution in [3.63, 3.8) is 0 Å². The molecule has 5 nitrogen and oxygen atoms in total. The molecule has 0 atom stereocenters. The number of hydrogen-bond donors (Lipinski definition) is 1. The summed E-state index contributed by atoms with van der Waals surface area (Å²) in [5.74, 6) is 0.748. The number of nitrogens with zero attached hydrogens (tertiary/aromatic N) is 4. The number of fused-ring (bicyclic) bond motifs is 1. The van der Waals surface area contributed by atoms with Crippen molar-refractivity contribution in [3.05, 3.63) is 42.4 Å². The van der Waals surface area contributed by atoms with Gasteiger partial charge in [0.15, 0.2) is 11.5 Å². The quantitative estimate of drug-likeness (QED) is 0.640. The van der Waals surface area contributed by atoms with Crippen LogP contribution < -0.4 is 5.73 Å². The van der Waals surface area contributed by atoms with Gasteiger partial charge >= 0.3 is 0 Å². The van der Waals surface area contributed by atoms with Crippen LogP contribution in [-0.2, 0) is 0 Å². The zero-order valence-corrected chi connectivity index (χ0v) is 9.33. The second-order valence-electron chi connectivity index (χ2n) is 3.87. The summed E-state index contributed by atoms with van der Waals surface area (Å²) >= 11 is 0. The standard InChI is InChI=1S/C12H11N5/c1-8-3-2-4-9(13)11(8)12-16-15-10-7-14-5-6-17(10)12/h2-7H,13H2,1H3. The van der Waals surface area contributed by atoms with E-state index in [1.54, 1.807) is 12.4 Å². The molecular formula is C12H11N5. The summed E-state index contributed by atoms with van der Waals surface area (Å²) in [7, 11) is 0. The lowest BCUT2D eigenvalue weighted by Gasteiger charge is -2.07. The number of anilines is 1. The van der Waals surface area contributed by atoms with E-state index < -0.39 is 0 Å². The van der Waals surface area contributed by atoms with Crippen molar-refractivity contribution < 1.29 is 0 Å². The topological polar surface area (TPSA) is 69.1 Å². The van der Waals surface area contributed by atoms with Crippen LogP contribution in [0.4, 0.5) is 5.69 Å². The first-order valence-corrected chi connectivity index (χ1v) is 5.27. The summed E-state index contributed by atoms with van der Waals surface area (Å²) < 4.78 is 1.88. The van der Waals surface area contributed by atoms with Gasteiger partial charge in [-0.1, -0.05) is 12.1 Å². The first-order chi connectivity index (χ1) is 8.27. The molecule has 2 N–H and O–H groups in total. The molecule has 3 aromatic rings. The van der Waals surface area contributed by atoms with Gasteiger partial charge in [0.2, 0.25) is 0 Å². The van der Waals surface area contributed by atoms with Crippen molar-refractivity contribution in [1.29, 1.82) is 0 Å². The first kappa shape index (κ1) is 9.77. The molecule has 3 rings (SSSR count). The zero-order chi connectivity index (χ0) is 11.8. The average Bonchev–Trinajstić information content (AvgIpc) is 2.73. The van der Waals surface area contributed by atoms with Crippen molar-refractivity contribution in [3.8, 4) is 11.4 Å². The molecule has 0 radical (unpaired) electrons. The first-order valence-electron chi connectivity index (χ1n) is 5.27. The van der Waals surface area contributed by atoms with Gasteiger partial charge in [-0.05, 0) is 18.6 Å². The normalized spacial score (nSPS) is 10.9. The highest BCUT2D eigenvalue weighted by Gasteiger charge is 2.12. The van der Waals surface area contributed by atoms with Crippen LogP contribution in [0.15, 0.2) is 36.8 Å². The summed E-state index contributed by atoms with van der Waals surface area (Å²) in [6.45, 7) is 2.01. The van der Waals surface area contributed by atoms with Crippen molar-refractivity contribution in [2.45, 2.75) is 6.92 Å². The Balaban J connectivity index is 2.35. The highest BCUT2D eigenvalue weighted by Crippen LogP contribution is 2.27. The van der Waals surface area contributed by atoms with Crippen LogP contribution in [0.1, 0.15) is 5.56 Å². The molecule has 1 aromatic carbocycles. The van der Waals surface area contributed by atoms with Gasteiger partial charge in [-0.15, -0.1) is 10.2 Å². The van der Waals surface area contributed by atoms with E-state index in [-0.39, 0.29) is 0 Å². The fourth-order valence-corrected chi connectivity index (χ4v) is 1.92. The van der Waals surface area contributed by atoms with Crippen LogP contribution in [0.2, 0.25) is 0 Å². The van der Waals surface area contributed by atoms with E-state index >= 15 is 0 Å². The summed E-state index contributed by atoms with van der Waals surface area (Å²) in [5.41, 5.74) is 9.43. The van der Waals surface area contributed by atoms with E-state index in [0.717, 1.165) is 17.0 Å². The Morgan fingerprint density at radius 3 is 2.94 bits per heavy atom. The summed E-state index contributed by atoms with van der Waals surface area (Å²) in [6.07, 6.45) is 5.20. The van der Waals surface area contributed by atoms with Gasteiger partial charge < -0.3 is 5.73 Å². The smallest absolute Gasteiger partial charge is 0.179 e. The average molecular weight is 225 g/mol. The lowest BCUT2D eigenvalue weighted by Crippen LogP contribution is -1.97. The van der Waals surface area contributed by atoms with Crippen molar-refractivity contribution in [2.24, 2.45) is 0 Å². The SMILES string of the molecule is Cc1cccc(N)c1-c1nnc2cnccn12. The minimum atomic E-state index is 0.705. The molecule has 0 aliphatic carbocycles. The van der Waals surface area contributed by atoms with Gasteiger partial charge in [0, 0.05) is 23.6 Å². The van der Waals surface area contributed by atoms with E-state index in [0.29, 0.717) is 11.3 Å². The third-order valence-corrected chi connectivity index (χ3v) is 2.74. The molecule has 0 spiro atoms. The third kappa shape index (κ3) is 1.44. The second-order valence-corrected chi connectivity index (χ2v) is 3.87. The minimum absolute atomic E-state index is 0.705. The molecule has 0 aliphatic rings.